The van der Waals surface area contributed by atoms with Gasteiger partial charge in [-0.05, 0) is 74.4 Å². The number of carbonyl (C=O) groups is 3. The van der Waals surface area contributed by atoms with Crippen LogP contribution in [-0.4, -0.2) is 71.4 Å². The van der Waals surface area contributed by atoms with Crippen molar-refractivity contribution in [2.75, 3.05) is 26.4 Å². The molecule has 0 radical (unpaired) electrons. The van der Waals surface area contributed by atoms with Gasteiger partial charge in [0.05, 0.1) is 48.4 Å². The van der Waals surface area contributed by atoms with Crippen molar-refractivity contribution >= 4 is 29.7 Å². The Labute approximate surface area is 294 Å². The van der Waals surface area contributed by atoms with Crippen LogP contribution >= 0.6 is 0 Å². The maximum atomic E-state index is 13.9. The lowest BCUT2D eigenvalue weighted by Crippen LogP contribution is -2.45. The SMILES string of the molecule is CCOC(=O)C1=C(C=O)C2=C3CCC(=O)[C@@H](C3)c3cc4c(cc3CC[C@H](CO)COc3c2c(c(CO)c2c3[C@@H]3C=CC[C@@](C)(O)[C@H]3O2)O1)=NCC=4. The number of fused-ring (bicyclic) bond motifs is 9. The molecule has 51 heavy (non-hydrogen) atoms. The van der Waals surface area contributed by atoms with Crippen molar-refractivity contribution in [3.05, 3.63) is 79.6 Å². The molecule has 0 spiro atoms. The van der Waals surface area contributed by atoms with Gasteiger partial charge in [0.2, 0.25) is 5.76 Å². The third-order valence-corrected chi connectivity index (χ3v) is 11.2. The predicted octanol–water partition coefficient (Wildman–Crippen LogP) is 2.78. The van der Waals surface area contributed by atoms with E-state index in [9.17, 15) is 29.7 Å². The van der Waals surface area contributed by atoms with Gasteiger partial charge in [0.1, 0.15) is 34.7 Å². The first kappa shape index (κ1) is 33.6. The number of aryl methyl sites for hydroxylation is 1. The first-order valence-corrected chi connectivity index (χ1v) is 17.8. The normalized spacial score (nSPS) is 27.4. The number of esters is 1. The molecule has 0 unspecified atom stereocenters. The summed E-state index contributed by atoms with van der Waals surface area (Å²) in [5, 5.41) is 34.9. The smallest absolute Gasteiger partial charge is 0.375 e. The first-order chi connectivity index (χ1) is 24.7. The molecule has 0 amide bonds. The van der Waals surface area contributed by atoms with E-state index in [1.807, 2.05) is 24.3 Å². The number of Topliss-reactive ketones (excluding diaryl/α,β-unsaturated/α-hetero) is 1. The number of carbonyl (C=O) groups excluding carboxylic acids is 3. The Balaban J connectivity index is 1.45. The Kier molecular flexibility index (Phi) is 8.47. The molecule has 2 aromatic rings. The number of allylic oxidation sites excluding steroid dienone is 3. The summed E-state index contributed by atoms with van der Waals surface area (Å²) in [5.74, 6) is -1.75. The quantitative estimate of drug-likeness (QED) is 0.241. The van der Waals surface area contributed by atoms with Crippen LogP contribution in [0.1, 0.15) is 85.6 Å². The Morgan fingerprint density at radius 2 is 2.00 bits per heavy atom. The Morgan fingerprint density at radius 1 is 1.16 bits per heavy atom. The number of hydrogen-bond donors (Lipinski definition) is 3. The predicted molar refractivity (Wildman–Crippen MR) is 184 cm³/mol. The molecule has 2 aliphatic carbocycles. The van der Waals surface area contributed by atoms with Crippen LogP contribution in [0.5, 0.6) is 17.2 Å². The Morgan fingerprint density at radius 3 is 2.76 bits per heavy atom. The average molecular weight is 696 g/mol. The monoisotopic (exact) mass is 695 g/mol. The number of rotatable bonds is 5. The minimum atomic E-state index is -1.26. The summed E-state index contributed by atoms with van der Waals surface area (Å²) in [7, 11) is 0. The van der Waals surface area contributed by atoms with Crippen LogP contribution in [0.4, 0.5) is 0 Å². The van der Waals surface area contributed by atoms with E-state index in [2.05, 4.69) is 11.1 Å². The number of aliphatic hydroxyl groups excluding tert-OH is 2. The summed E-state index contributed by atoms with van der Waals surface area (Å²) < 4.78 is 25.0. The van der Waals surface area contributed by atoms with Crippen molar-refractivity contribution in [2.24, 2.45) is 10.9 Å². The van der Waals surface area contributed by atoms with Crippen molar-refractivity contribution in [1.29, 1.82) is 0 Å². The van der Waals surface area contributed by atoms with Crippen molar-refractivity contribution in [1.82, 2.24) is 0 Å². The number of benzene rings is 2. The van der Waals surface area contributed by atoms with Gasteiger partial charge in [-0.1, -0.05) is 23.8 Å². The molecule has 6 aliphatic rings. The average Bonchev–Trinajstić information content (AvgIpc) is 3.75. The molecule has 2 aromatic carbocycles. The Bertz CT molecular complexity index is 2090. The van der Waals surface area contributed by atoms with Gasteiger partial charge in [0.25, 0.3) is 0 Å². The number of ketones is 1. The second kappa shape index (κ2) is 12.9. The van der Waals surface area contributed by atoms with Crippen molar-refractivity contribution in [2.45, 2.75) is 82.5 Å². The van der Waals surface area contributed by atoms with Crippen molar-refractivity contribution < 1.29 is 48.7 Å². The summed E-state index contributed by atoms with van der Waals surface area (Å²) in [4.78, 5) is 45.3. The van der Waals surface area contributed by atoms with Crippen molar-refractivity contribution in [3.8, 4) is 17.2 Å². The fraction of sp³-hybridized carbons (Fsp3) is 0.450. The maximum absolute atomic E-state index is 13.9. The molecular weight excluding hydrogens is 654 g/mol. The van der Waals surface area contributed by atoms with E-state index in [0.29, 0.717) is 61.0 Å². The number of aldehydes is 1. The van der Waals surface area contributed by atoms with E-state index >= 15 is 0 Å². The van der Waals surface area contributed by atoms with Crippen molar-refractivity contribution in [3.63, 3.8) is 0 Å². The van der Waals surface area contributed by atoms with Crippen LogP contribution in [0.15, 0.2) is 46.2 Å². The fourth-order valence-corrected chi connectivity index (χ4v) is 8.65. The molecule has 0 aromatic heterocycles. The van der Waals surface area contributed by atoms with Gasteiger partial charge in [0, 0.05) is 41.9 Å². The minimum absolute atomic E-state index is 0.0272. The largest absolute Gasteiger partial charge is 0.492 e. The van der Waals surface area contributed by atoms with Crippen LogP contribution < -0.4 is 24.8 Å². The molecule has 4 aliphatic heterocycles. The third-order valence-electron chi connectivity index (χ3n) is 11.2. The Hall–Kier alpha value is -4.58. The molecule has 11 nitrogen and oxygen atoms in total. The number of hydrogen-bond acceptors (Lipinski definition) is 11. The van der Waals surface area contributed by atoms with Gasteiger partial charge in [0.15, 0.2) is 6.29 Å². The standard InChI is InChI=1S/C40H41NO10/c1-3-48-39(46)36-27(17-43)31-23-8-9-30(45)26(14-23)25-13-22-10-12-41-29(22)15-21(25)7-6-20(16-42)19-49-37-32-24-5-4-11-40(2,47)38(24)51-34(32)28(18-44)35(50-36)33(31)37/h4-5,10,13,15,17,20,24,26,38,42,44,47H,3,6-9,11-12,14,16,18-19H2,1-2H3/t20-,24+,26+,38+,40-/m1/s1. The highest BCUT2D eigenvalue weighted by Gasteiger charge is 2.51. The molecule has 4 heterocycles. The molecular formula is C40H41NO10. The topological polar surface area (TPSA) is 161 Å². The number of ether oxygens (including phenoxy) is 4. The minimum Gasteiger partial charge on any atom is -0.492 e. The zero-order valence-electron chi connectivity index (χ0n) is 28.7. The lowest BCUT2D eigenvalue weighted by molar-refractivity contribution is -0.141. The van der Waals surface area contributed by atoms with Gasteiger partial charge < -0.3 is 34.3 Å². The highest BCUT2D eigenvalue weighted by atomic mass is 16.6. The molecule has 1 saturated carbocycles. The van der Waals surface area contributed by atoms with Crippen LogP contribution in [0.3, 0.4) is 0 Å². The summed E-state index contributed by atoms with van der Waals surface area (Å²) in [6, 6.07) is 4.11. The molecule has 266 valence electrons. The highest BCUT2D eigenvalue weighted by Crippen LogP contribution is 2.60. The third kappa shape index (κ3) is 5.36. The van der Waals surface area contributed by atoms with Crippen LogP contribution in [-0.2, 0) is 32.1 Å². The van der Waals surface area contributed by atoms with E-state index in [-0.39, 0.29) is 72.8 Å². The molecule has 8 rings (SSSR count). The van der Waals surface area contributed by atoms with Gasteiger partial charge in [-0.25, -0.2) is 4.79 Å². The molecule has 5 atom stereocenters. The molecule has 0 saturated heterocycles. The zero-order valence-corrected chi connectivity index (χ0v) is 28.7. The second-order valence-electron chi connectivity index (χ2n) is 14.4. The van der Waals surface area contributed by atoms with E-state index in [1.165, 1.54) is 0 Å². The van der Waals surface area contributed by atoms with Crippen LogP contribution in [0.2, 0.25) is 0 Å². The number of aliphatic hydroxyl groups is 3. The fourth-order valence-electron chi connectivity index (χ4n) is 8.65. The molecule has 3 N–H and O–H groups in total. The number of nitrogens with zero attached hydrogens (tertiary/aromatic N) is 1. The maximum Gasteiger partial charge on any atom is 0.375 e. The summed E-state index contributed by atoms with van der Waals surface area (Å²) in [5.41, 5.74) is 2.94. The van der Waals surface area contributed by atoms with Gasteiger partial charge in [-0.15, -0.1) is 0 Å². The second-order valence-corrected chi connectivity index (χ2v) is 14.4. The molecule has 1 fully saturated rings. The summed E-state index contributed by atoms with van der Waals surface area (Å²) in [6.07, 6.45) is 8.02. The van der Waals surface area contributed by atoms with Gasteiger partial charge in [-0.3, -0.25) is 14.6 Å². The summed E-state index contributed by atoms with van der Waals surface area (Å²) >= 11 is 0. The highest BCUT2D eigenvalue weighted by molar-refractivity contribution is 6.11. The first-order valence-electron chi connectivity index (χ1n) is 17.8. The van der Waals surface area contributed by atoms with Crippen LogP contribution in [0, 0.1) is 5.92 Å². The lowest BCUT2D eigenvalue weighted by Gasteiger charge is -2.34. The van der Waals surface area contributed by atoms with E-state index < -0.39 is 36.1 Å². The van der Waals surface area contributed by atoms with E-state index in [0.717, 1.165) is 27.3 Å². The van der Waals surface area contributed by atoms with Gasteiger partial charge in [-0.2, -0.15) is 0 Å². The van der Waals surface area contributed by atoms with E-state index in [4.69, 9.17) is 18.9 Å². The molecule has 2 bridgehead atoms. The summed E-state index contributed by atoms with van der Waals surface area (Å²) in [6.45, 7) is 3.30. The zero-order chi connectivity index (χ0) is 35.6. The molecule has 11 heteroatoms. The van der Waals surface area contributed by atoms with Gasteiger partial charge >= 0.3 is 5.97 Å². The lowest BCUT2D eigenvalue weighted by atomic mass is 9.73. The van der Waals surface area contributed by atoms with E-state index in [1.54, 1.807) is 13.8 Å². The van der Waals surface area contributed by atoms with Crippen LogP contribution in [0.25, 0.3) is 11.6 Å².